The molecule has 0 saturated heterocycles. The maximum Gasteiger partial charge on any atom is 0.321 e. The van der Waals surface area contributed by atoms with Gasteiger partial charge in [0.05, 0.1) is 12.0 Å². The van der Waals surface area contributed by atoms with Crippen LogP contribution in [-0.4, -0.2) is 38.4 Å². The van der Waals surface area contributed by atoms with Gasteiger partial charge in [0.2, 0.25) is 10.0 Å². The average molecular weight is 315 g/mol. The summed E-state index contributed by atoms with van der Waals surface area (Å²) in [5.41, 5.74) is 0. The number of nitrogens with zero attached hydrogens (tertiary/aromatic N) is 1. The number of carbonyl (C=O) groups is 1. The Morgan fingerprint density at radius 3 is 2.38 bits per heavy atom. The van der Waals surface area contributed by atoms with E-state index in [1.807, 2.05) is 0 Å². The van der Waals surface area contributed by atoms with Crippen molar-refractivity contribution in [3.63, 3.8) is 0 Å². The van der Waals surface area contributed by atoms with Crippen LogP contribution in [0.3, 0.4) is 0 Å². The lowest BCUT2D eigenvalue weighted by atomic mass is 10.2. The smallest absolute Gasteiger partial charge is 0.321 e. The van der Waals surface area contributed by atoms with Gasteiger partial charge in [0.25, 0.3) is 0 Å². The molecule has 0 heterocycles. The molecule has 2 rings (SSSR count). The predicted molar refractivity (Wildman–Crippen MR) is 74.6 cm³/mol. The largest absolute Gasteiger partial charge is 0.468 e. The van der Waals surface area contributed by atoms with Crippen LogP contribution in [0.1, 0.15) is 25.7 Å². The van der Waals surface area contributed by atoms with Gasteiger partial charge in [0.1, 0.15) is 12.4 Å². The van der Waals surface area contributed by atoms with E-state index < -0.39 is 21.8 Å². The Balaban J connectivity index is 2.33. The first-order chi connectivity index (χ1) is 9.95. The molecule has 1 aromatic carbocycles. The van der Waals surface area contributed by atoms with E-state index in [0.29, 0.717) is 0 Å². The van der Waals surface area contributed by atoms with Crippen molar-refractivity contribution < 1.29 is 22.3 Å². The molecule has 0 aliphatic heterocycles. The lowest BCUT2D eigenvalue weighted by Crippen LogP contribution is -2.42. The van der Waals surface area contributed by atoms with E-state index in [2.05, 4.69) is 4.74 Å². The second-order valence-corrected chi connectivity index (χ2v) is 6.91. The highest BCUT2D eigenvalue weighted by molar-refractivity contribution is 7.89. The number of esters is 1. The van der Waals surface area contributed by atoms with Gasteiger partial charge in [-0.3, -0.25) is 4.79 Å². The van der Waals surface area contributed by atoms with Crippen LogP contribution in [0.5, 0.6) is 0 Å². The minimum atomic E-state index is -3.84. The summed E-state index contributed by atoms with van der Waals surface area (Å²) in [7, 11) is -2.62. The van der Waals surface area contributed by atoms with Gasteiger partial charge in [-0.05, 0) is 37.1 Å². The fourth-order valence-electron chi connectivity index (χ4n) is 2.54. The number of ether oxygens (including phenoxy) is 1. The van der Waals surface area contributed by atoms with Gasteiger partial charge >= 0.3 is 5.97 Å². The third kappa shape index (κ3) is 3.59. The van der Waals surface area contributed by atoms with Crippen molar-refractivity contribution in [2.75, 3.05) is 13.7 Å². The molecule has 1 saturated carbocycles. The average Bonchev–Trinajstić information content (AvgIpc) is 2.98. The molecule has 1 aliphatic rings. The predicted octanol–water partition coefficient (Wildman–Crippen LogP) is 1.93. The summed E-state index contributed by atoms with van der Waals surface area (Å²) >= 11 is 0. The molecule has 0 spiro atoms. The minimum Gasteiger partial charge on any atom is -0.468 e. The van der Waals surface area contributed by atoms with Crippen LogP contribution in [-0.2, 0) is 19.6 Å². The summed E-state index contributed by atoms with van der Waals surface area (Å²) in [6.07, 6.45) is 3.30. The van der Waals surface area contributed by atoms with Crippen molar-refractivity contribution in [3.05, 3.63) is 30.1 Å². The molecule has 116 valence electrons. The highest BCUT2D eigenvalue weighted by Crippen LogP contribution is 2.28. The molecule has 1 fully saturated rings. The SMILES string of the molecule is COC(=O)CN(C1CCCC1)S(=O)(=O)c1ccc(F)cc1. The Kier molecular flexibility index (Phi) is 4.95. The Hall–Kier alpha value is -1.47. The van der Waals surface area contributed by atoms with Gasteiger partial charge in [-0.2, -0.15) is 4.31 Å². The number of hydrogen-bond acceptors (Lipinski definition) is 4. The molecule has 0 bridgehead atoms. The fraction of sp³-hybridized carbons (Fsp3) is 0.500. The monoisotopic (exact) mass is 315 g/mol. The van der Waals surface area contributed by atoms with Gasteiger partial charge in [-0.1, -0.05) is 12.8 Å². The molecular weight excluding hydrogens is 297 g/mol. The van der Waals surface area contributed by atoms with E-state index in [0.717, 1.165) is 37.8 Å². The Bertz CT molecular complexity index is 594. The molecule has 1 aromatic rings. The van der Waals surface area contributed by atoms with E-state index >= 15 is 0 Å². The number of benzene rings is 1. The highest BCUT2D eigenvalue weighted by Gasteiger charge is 2.34. The third-order valence-electron chi connectivity index (χ3n) is 3.66. The molecular formula is C14H18FNO4S. The number of halogens is 1. The van der Waals surface area contributed by atoms with Crippen molar-refractivity contribution in [1.82, 2.24) is 4.31 Å². The van der Waals surface area contributed by atoms with Gasteiger partial charge < -0.3 is 4.74 Å². The standard InChI is InChI=1S/C14H18FNO4S/c1-20-14(17)10-16(12-4-2-3-5-12)21(18,19)13-8-6-11(15)7-9-13/h6-9,12H,2-5,10H2,1H3. The van der Waals surface area contributed by atoms with Crippen LogP contribution in [0.15, 0.2) is 29.2 Å². The van der Waals surface area contributed by atoms with Crippen LogP contribution in [0, 0.1) is 5.82 Å². The van der Waals surface area contributed by atoms with Crippen LogP contribution >= 0.6 is 0 Å². The minimum absolute atomic E-state index is 0.0142. The fourth-order valence-corrected chi connectivity index (χ4v) is 4.17. The molecule has 0 radical (unpaired) electrons. The van der Waals surface area contributed by atoms with Crippen LogP contribution in [0.25, 0.3) is 0 Å². The lowest BCUT2D eigenvalue weighted by Gasteiger charge is -2.26. The second kappa shape index (κ2) is 6.53. The summed E-state index contributed by atoms with van der Waals surface area (Å²) in [4.78, 5) is 11.5. The van der Waals surface area contributed by atoms with E-state index in [1.54, 1.807) is 0 Å². The van der Waals surface area contributed by atoms with Crippen molar-refractivity contribution in [3.8, 4) is 0 Å². The first-order valence-corrected chi connectivity index (χ1v) is 8.23. The number of sulfonamides is 1. The van der Waals surface area contributed by atoms with Gasteiger partial charge in [0.15, 0.2) is 0 Å². The van der Waals surface area contributed by atoms with Crippen molar-refractivity contribution in [2.45, 2.75) is 36.6 Å². The molecule has 0 aromatic heterocycles. The van der Waals surface area contributed by atoms with Crippen LogP contribution in [0.4, 0.5) is 4.39 Å². The molecule has 0 amide bonds. The maximum atomic E-state index is 13.0. The van der Waals surface area contributed by atoms with E-state index in [-0.39, 0.29) is 17.5 Å². The summed E-state index contributed by atoms with van der Waals surface area (Å²) in [5.74, 6) is -1.11. The first-order valence-electron chi connectivity index (χ1n) is 6.79. The molecule has 7 heteroatoms. The zero-order chi connectivity index (χ0) is 15.5. The summed E-state index contributed by atoms with van der Waals surface area (Å²) < 4.78 is 44.1. The third-order valence-corrected chi connectivity index (χ3v) is 5.58. The Morgan fingerprint density at radius 2 is 1.86 bits per heavy atom. The number of hydrogen-bond donors (Lipinski definition) is 0. The van der Waals surface area contributed by atoms with Crippen molar-refractivity contribution in [2.24, 2.45) is 0 Å². The normalized spacial score (nSPS) is 16.3. The molecule has 0 atom stereocenters. The summed E-state index contributed by atoms with van der Waals surface area (Å²) in [5, 5.41) is 0. The van der Waals surface area contributed by atoms with Gasteiger partial charge in [0, 0.05) is 6.04 Å². The van der Waals surface area contributed by atoms with E-state index in [1.165, 1.54) is 23.5 Å². The molecule has 0 unspecified atom stereocenters. The van der Waals surface area contributed by atoms with Gasteiger partial charge in [-0.15, -0.1) is 0 Å². The van der Waals surface area contributed by atoms with Crippen molar-refractivity contribution >= 4 is 16.0 Å². The quantitative estimate of drug-likeness (QED) is 0.779. The number of methoxy groups -OCH3 is 1. The van der Waals surface area contributed by atoms with Crippen molar-refractivity contribution in [1.29, 1.82) is 0 Å². The molecule has 5 nitrogen and oxygen atoms in total. The maximum absolute atomic E-state index is 13.0. The summed E-state index contributed by atoms with van der Waals surface area (Å²) in [6, 6.07) is 4.41. The molecule has 1 aliphatic carbocycles. The first kappa shape index (κ1) is 15.9. The van der Waals surface area contributed by atoms with E-state index in [9.17, 15) is 17.6 Å². The number of rotatable bonds is 5. The molecule has 21 heavy (non-hydrogen) atoms. The summed E-state index contributed by atoms with van der Waals surface area (Å²) in [6.45, 7) is -0.319. The molecule has 0 N–H and O–H groups in total. The Labute approximate surface area is 123 Å². The second-order valence-electron chi connectivity index (χ2n) is 5.02. The highest BCUT2D eigenvalue weighted by atomic mass is 32.2. The number of carbonyl (C=O) groups excluding carboxylic acids is 1. The van der Waals surface area contributed by atoms with Crippen LogP contribution < -0.4 is 0 Å². The zero-order valence-corrected chi connectivity index (χ0v) is 12.6. The lowest BCUT2D eigenvalue weighted by molar-refractivity contribution is -0.141. The van der Waals surface area contributed by atoms with E-state index in [4.69, 9.17) is 0 Å². The topological polar surface area (TPSA) is 63.7 Å². The van der Waals surface area contributed by atoms with Crippen LogP contribution in [0.2, 0.25) is 0 Å². The van der Waals surface area contributed by atoms with Gasteiger partial charge in [-0.25, -0.2) is 12.8 Å². The zero-order valence-electron chi connectivity index (χ0n) is 11.8. The Morgan fingerprint density at radius 1 is 1.29 bits per heavy atom.